The maximum atomic E-state index is 14.9. The molecule has 2 aliphatic rings. The molecule has 0 spiro atoms. The van der Waals surface area contributed by atoms with E-state index in [-0.39, 0.29) is 52.7 Å². The van der Waals surface area contributed by atoms with Crippen LogP contribution in [-0.2, 0) is 4.79 Å². The van der Waals surface area contributed by atoms with Crippen molar-refractivity contribution < 1.29 is 36.3 Å². The zero-order valence-electron chi connectivity index (χ0n) is 24.7. The van der Waals surface area contributed by atoms with Gasteiger partial charge in [-0.3, -0.25) is 24.2 Å². The molecule has 4 heterocycles. The van der Waals surface area contributed by atoms with E-state index in [0.717, 1.165) is 18.3 Å². The van der Waals surface area contributed by atoms with Gasteiger partial charge in [-0.1, -0.05) is 29.5 Å². The molecule has 0 bridgehead atoms. The Morgan fingerprint density at radius 1 is 1.11 bits per heavy atom. The van der Waals surface area contributed by atoms with E-state index in [2.05, 4.69) is 37.2 Å². The number of fused-ring (bicyclic) bond motifs is 1. The van der Waals surface area contributed by atoms with Crippen molar-refractivity contribution in [2.24, 2.45) is 11.8 Å². The number of amides is 2. The number of aryl methyl sites for hydroxylation is 1. The Bertz CT molecular complexity index is 1990. The Kier molecular flexibility index (Phi) is 8.31. The normalized spacial score (nSPS) is 17.3. The Labute approximate surface area is 268 Å². The number of alkyl halides is 4. The second kappa shape index (κ2) is 12.3. The number of benzene rings is 1. The van der Waals surface area contributed by atoms with E-state index in [1.54, 1.807) is 13.8 Å². The van der Waals surface area contributed by atoms with Crippen molar-refractivity contribution in [1.29, 1.82) is 0 Å². The monoisotopic (exact) mass is 671 g/mol. The van der Waals surface area contributed by atoms with Crippen LogP contribution in [-0.4, -0.2) is 49.7 Å². The zero-order chi connectivity index (χ0) is 33.7. The Hall–Kier alpha value is -5.10. The van der Waals surface area contributed by atoms with Gasteiger partial charge in [0.05, 0.1) is 46.5 Å². The van der Waals surface area contributed by atoms with Crippen LogP contribution in [0.3, 0.4) is 0 Å². The summed E-state index contributed by atoms with van der Waals surface area (Å²) in [5, 5.41) is 6.46. The number of carbonyl (C=O) groups is 2. The summed E-state index contributed by atoms with van der Waals surface area (Å²) in [6.07, 6.45) is 2.23. The zero-order valence-corrected chi connectivity index (χ0v) is 25.5. The first kappa shape index (κ1) is 31.9. The second-order valence-corrected chi connectivity index (χ2v) is 11.3. The SMILES string of the molecule is Cc1ncc(-c2c(C(F)F)ccc(Cl)c2F)nc1C(=O)Nc1cnn([C@H](C)c2cnc(N3C[C@H]4C#C[C@H]4C3=O)c(OC(F)F)c2C)c1. The quantitative estimate of drug-likeness (QED) is 0.168. The number of rotatable bonds is 9. The lowest BCUT2D eigenvalue weighted by atomic mass is 9.89. The summed E-state index contributed by atoms with van der Waals surface area (Å²) in [5.41, 5.74) is -0.736. The molecule has 47 heavy (non-hydrogen) atoms. The number of anilines is 2. The summed E-state index contributed by atoms with van der Waals surface area (Å²) in [6.45, 7) is 1.77. The van der Waals surface area contributed by atoms with Crippen LogP contribution in [0.25, 0.3) is 11.3 Å². The second-order valence-electron chi connectivity index (χ2n) is 10.8. The van der Waals surface area contributed by atoms with Crippen LogP contribution < -0.4 is 15.0 Å². The van der Waals surface area contributed by atoms with Crippen molar-refractivity contribution in [3.05, 3.63) is 75.8 Å². The van der Waals surface area contributed by atoms with Crippen LogP contribution in [0, 0.1) is 43.3 Å². The van der Waals surface area contributed by atoms with Crippen LogP contribution >= 0.6 is 11.6 Å². The van der Waals surface area contributed by atoms with Gasteiger partial charge in [-0.05, 0) is 26.8 Å². The van der Waals surface area contributed by atoms with Crippen molar-refractivity contribution in [2.45, 2.75) is 39.9 Å². The molecular formula is C31H23ClF5N7O3. The number of pyridine rings is 1. The first-order valence-corrected chi connectivity index (χ1v) is 14.5. The van der Waals surface area contributed by atoms with Crippen LogP contribution in [0.4, 0.5) is 33.5 Å². The maximum Gasteiger partial charge on any atom is 0.387 e. The molecule has 1 fully saturated rings. The molecule has 1 aliphatic heterocycles. The van der Waals surface area contributed by atoms with Crippen molar-refractivity contribution >= 4 is 34.9 Å². The van der Waals surface area contributed by atoms with Gasteiger partial charge in [-0.25, -0.2) is 23.1 Å². The van der Waals surface area contributed by atoms with E-state index >= 15 is 0 Å². The highest BCUT2D eigenvalue weighted by Crippen LogP contribution is 2.41. The van der Waals surface area contributed by atoms with E-state index in [4.69, 9.17) is 16.3 Å². The molecule has 1 aliphatic carbocycles. The lowest BCUT2D eigenvalue weighted by Crippen LogP contribution is -2.29. The smallest absolute Gasteiger partial charge is 0.387 e. The molecule has 2 amide bonds. The molecule has 4 aromatic rings. The lowest BCUT2D eigenvalue weighted by Gasteiger charge is -2.23. The van der Waals surface area contributed by atoms with E-state index in [1.165, 1.54) is 35.1 Å². The molecule has 16 heteroatoms. The number of nitrogens with one attached hydrogen (secondary N) is 1. The highest BCUT2D eigenvalue weighted by atomic mass is 35.5. The van der Waals surface area contributed by atoms with E-state index in [1.807, 2.05) is 0 Å². The minimum absolute atomic E-state index is 0.0350. The maximum absolute atomic E-state index is 14.9. The highest BCUT2D eigenvalue weighted by molar-refractivity contribution is 6.31. The first-order chi connectivity index (χ1) is 22.3. The summed E-state index contributed by atoms with van der Waals surface area (Å²) < 4.78 is 75.5. The molecule has 3 aromatic heterocycles. The molecule has 0 saturated carbocycles. The largest absolute Gasteiger partial charge is 0.431 e. The molecule has 1 aromatic carbocycles. The van der Waals surface area contributed by atoms with Gasteiger partial charge in [0.25, 0.3) is 12.3 Å². The van der Waals surface area contributed by atoms with Gasteiger partial charge in [0.15, 0.2) is 17.4 Å². The molecule has 3 atom stereocenters. The third-order valence-electron chi connectivity index (χ3n) is 8.00. The average molecular weight is 672 g/mol. The third kappa shape index (κ3) is 5.73. The van der Waals surface area contributed by atoms with Gasteiger partial charge in [-0.2, -0.15) is 13.9 Å². The summed E-state index contributed by atoms with van der Waals surface area (Å²) in [7, 11) is 0. The molecule has 1 N–H and O–H groups in total. The number of halogens is 6. The van der Waals surface area contributed by atoms with E-state index < -0.39 is 52.9 Å². The summed E-state index contributed by atoms with van der Waals surface area (Å²) in [5.74, 6) is 2.46. The summed E-state index contributed by atoms with van der Waals surface area (Å²) in [6, 6.07) is 1.36. The number of hydrogen-bond donors (Lipinski definition) is 1. The molecule has 10 nitrogen and oxygen atoms in total. The predicted octanol–water partition coefficient (Wildman–Crippen LogP) is 6.14. The third-order valence-corrected chi connectivity index (χ3v) is 8.29. The lowest BCUT2D eigenvalue weighted by molar-refractivity contribution is -0.119. The highest BCUT2D eigenvalue weighted by Gasteiger charge is 2.45. The van der Waals surface area contributed by atoms with Crippen molar-refractivity contribution in [3.8, 4) is 28.8 Å². The minimum Gasteiger partial charge on any atom is -0.431 e. The summed E-state index contributed by atoms with van der Waals surface area (Å²) >= 11 is 5.83. The van der Waals surface area contributed by atoms with Gasteiger partial charge >= 0.3 is 6.61 Å². The molecular weight excluding hydrogens is 649 g/mol. The van der Waals surface area contributed by atoms with Gasteiger partial charge in [0.1, 0.15) is 11.6 Å². The number of carbonyl (C=O) groups excluding carboxylic acids is 2. The van der Waals surface area contributed by atoms with Gasteiger partial charge < -0.3 is 10.1 Å². The van der Waals surface area contributed by atoms with Crippen LogP contribution in [0.1, 0.15) is 52.3 Å². The fraction of sp³-hybridized carbons (Fsp3) is 0.290. The van der Waals surface area contributed by atoms with Crippen LogP contribution in [0.2, 0.25) is 5.02 Å². The topological polar surface area (TPSA) is 115 Å². The molecule has 6 rings (SSSR count). The number of hydrogen-bond acceptors (Lipinski definition) is 7. The van der Waals surface area contributed by atoms with E-state index in [9.17, 15) is 31.5 Å². The number of ether oxygens (including phenoxy) is 1. The number of aromatic nitrogens is 5. The molecule has 0 unspecified atom stereocenters. The molecule has 0 radical (unpaired) electrons. The van der Waals surface area contributed by atoms with Crippen LogP contribution in [0.5, 0.6) is 5.75 Å². The first-order valence-electron chi connectivity index (χ1n) is 14.1. The number of nitrogens with zero attached hydrogens (tertiary/aromatic N) is 6. The Balaban J connectivity index is 1.25. The molecule has 1 saturated heterocycles. The fourth-order valence-corrected chi connectivity index (χ4v) is 5.64. The van der Waals surface area contributed by atoms with Crippen LogP contribution in [0.15, 0.2) is 36.9 Å². The standard InChI is InChI=1S/C31H23ClF5N7O3/c1-13-20(9-39-28(26(13)47-31(36)37)43-11-16-4-5-18(16)30(43)46)15(3)44-12-17(8-40-44)41-29(45)25-14(2)38-10-22(42-25)23-19(27(34)35)6-7-21(32)24(23)33/h6-10,12,15-16,18,27,31H,11H2,1-3H3,(H,41,45)/t15-,16-,18-/m1/s1. The van der Waals surface area contributed by atoms with Gasteiger partial charge in [0, 0.05) is 41.2 Å². The molecule has 242 valence electrons. The van der Waals surface area contributed by atoms with Gasteiger partial charge in [0.2, 0.25) is 5.91 Å². The van der Waals surface area contributed by atoms with Gasteiger partial charge in [-0.15, -0.1) is 0 Å². The Morgan fingerprint density at radius 2 is 1.87 bits per heavy atom. The minimum atomic E-state index is -3.18. The van der Waals surface area contributed by atoms with Crippen molar-refractivity contribution in [2.75, 3.05) is 16.8 Å². The summed E-state index contributed by atoms with van der Waals surface area (Å²) in [4.78, 5) is 39.8. The average Bonchev–Trinajstić information content (AvgIpc) is 3.55. The van der Waals surface area contributed by atoms with Crippen molar-refractivity contribution in [3.63, 3.8) is 0 Å². The van der Waals surface area contributed by atoms with E-state index in [0.29, 0.717) is 11.1 Å². The fourth-order valence-electron chi connectivity index (χ4n) is 5.48. The predicted molar refractivity (Wildman–Crippen MR) is 159 cm³/mol. The van der Waals surface area contributed by atoms with Crippen molar-refractivity contribution in [1.82, 2.24) is 24.7 Å². The Morgan fingerprint density at radius 3 is 2.51 bits per heavy atom.